The maximum atomic E-state index is 8.76. The number of likely N-dealkylation sites (N-methyl/N-ethyl adjacent to an activating group) is 1. The smallest absolute Gasteiger partial charge is 0.0585 e. The van der Waals surface area contributed by atoms with Gasteiger partial charge in [-0.2, -0.15) is 0 Å². The molecule has 1 atom stereocenters. The van der Waals surface area contributed by atoms with Crippen LogP contribution in [0.3, 0.4) is 0 Å². The van der Waals surface area contributed by atoms with Gasteiger partial charge in [0, 0.05) is 19.3 Å². The molecule has 0 rings (SSSR count). The van der Waals surface area contributed by atoms with Crippen molar-refractivity contribution in [2.24, 2.45) is 0 Å². The Bertz CT molecular complexity index is 74.5. The summed E-state index contributed by atoms with van der Waals surface area (Å²) in [6.45, 7) is 3.83. The fraction of sp³-hybridized carbons (Fsp3) is 1.00. The number of ether oxygens (including phenoxy) is 1. The minimum absolute atomic E-state index is 0.186. The molecule has 0 aliphatic carbocycles. The van der Waals surface area contributed by atoms with Crippen LogP contribution in [0.5, 0.6) is 0 Å². The summed E-state index contributed by atoms with van der Waals surface area (Å²) in [6, 6.07) is 0.187. The number of hydrogen-bond acceptors (Lipinski definition) is 3. The molecule has 0 aromatic heterocycles. The first-order valence-electron chi connectivity index (χ1n) is 4.21. The number of rotatable bonds is 7. The molecular weight excluding hydrogens is 142 g/mol. The van der Waals surface area contributed by atoms with Crippen molar-refractivity contribution in [3.63, 3.8) is 0 Å². The lowest BCUT2D eigenvalue weighted by Gasteiger charge is -2.12. The van der Waals surface area contributed by atoms with Gasteiger partial charge in [-0.1, -0.05) is 6.92 Å². The number of hydrogen-bond donors (Lipinski definition) is 2. The highest BCUT2D eigenvalue weighted by Crippen LogP contribution is 1.91. The molecule has 68 valence electrons. The summed E-state index contributed by atoms with van der Waals surface area (Å²) in [5.74, 6) is 0. The van der Waals surface area contributed by atoms with E-state index in [1.807, 2.05) is 7.05 Å². The first-order chi connectivity index (χ1) is 5.35. The van der Waals surface area contributed by atoms with E-state index in [1.165, 1.54) is 0 Å². The van der Waals surface area contributed by atoms with Crippen molar-refractivity contribution >= 4 is 0 Å². The minimum Gasteiger partial charge on any atom is -0.395 e. The Morgan fingerprint density at radius 2 is 2.18 bits per heavy atom. The third kappa shape index (κ3) is 6.28. The third-order valence-corrected chi connectivity index (χ3v) is 1.59. The molecular formula is C8H19NO2. The summed E-state index contributed by atoms with van der Waals surface area (Å²) in [4.78, 5) is 0. The van der Waals surface area contributed by atoms with Crippen LogP contribution in [0.4, 0.5) is 0 Å². The van der Waals surface area contributed by atoms with Crippen LogP contribution in [0, 0.1) is 0 Å². The summed E-state index contributed by atoms with van der Waals surface area (Å²) >= 11 is 0. The second-order valence-electron chi connectivity index (χ2n) is 2.57. The van der Waals surface area contributed by atoms with Gasteiger partial charge in [-0.15, -0.1) is 0 Å². The molecule has 11 heavy (non-hydrogen) atoms. The van der Waals surface area contributed by atoms with Crippen molar-refractivity contribution in [2.45, 2.75) is 25.8 Å². The predicted molar refractivity (Wildman–Crippen MR) is 45.7 cm³/mol. The van der Waals surface area contributed by atoms with Gasteiger partial charge in [0.15, 0.2) is 0 Å². The molecule has 3 heteroatoms. The largest absolute Gasteiger partial charge is 0.395 e. The SMILES string of the molecule is CCCOCCC(CO)NC. The molecule has 1 unspecified atom stereocenters. The zero-order valence-corrected chi connectivity index (χ0v) is 7.47. The van der Waals surface area contributed by atoms with E-state index in [0.29, 0.717) is 0 Å². The first-order valence-corrected chi connectivity index (χ1v) is 4.21. The first kappa shape index (κ1) is 10.9. The summed E-state index contributed by atoms with van der Waals surface area (Å²) in [5.41, 5.74) is 0. The lowest BCUT2D eigenvalue weighted by atomic mass is 10.2. The second-order valence-corrected chi connectivity index (χ2v) is 2.57. The van der Waals surface area contributed by atoms with Gasteiger partial charge >= 0.3 is 0 Å². The van der Waals surface area contributed by atoms with Crippen LogP contribution in [0.15, 0.2) is 0 Å². The van der Waals surface area contributed by atoms with E-state index in [0.717, 1.165) is 26.1 Å². The fourth-order valence-corrected chi connectivity index (χ4v) is 0.799. The molecule has 3 nitrogen and oxygen atoms in total. The van der Waals surface area contributed by atoms with Gasteiger partial charge < -0.3 is 15.2 Å². The summed E-state index contributed by atoms with van der Waals surface area (Å²) in [7, 11) is 1.85. The molecule has 0 aromatic rings. The number of aliphatic hydroxyl groups is 1. The van der Waals surface area contributed by atoms with Crippen molar-refractivity contribution < 1.29 is 9.84 Å². The molecule has 0 bridgehead atoms. The van der Waals surface area contributed by atoms with E-state index in [4.69, 9.17) is 9.84 Å². The van der Waals surface area contributed by atoms with Crippen LogP contribution >= 0.6 is 0 Å². The number of nitrogens with one attached hydrogen (secondary N) is 1. The van der Waals surface area contributed by atoms with Crippen LogP contribution in [0.2, 0.25) is 0 Å². The van der Waals surface area contributed by atoms with E-state index < -0.39 is 0 Å². The third-order valence-electron chi connectivity index (χ3n) is 1.59. The van der Waals surface area contributed by atoms with E-state index >= 15 is 0 Å². The van der Waals surface area contributed by atoms with Crippen molar-refractivity contribution in [1.29, 1.82) is 0 Å². The Balaban J connectivity index is 3.07. The van der Waals surface area contributed by atoms with Crippen LogP contribution < -0.4 is 5.32 Å². The van der Waals surface area contributed by atoms with Gasteiger partial charge in [-0.25, -0.2) is 0 Å². The van der Waals surface area contributed by atoms with E-state index in [1.54, 1.807) is 0 Å². The van der Waals surface area contributed by atoms with Gasteiger partial charge in [-0.05, 0) is 19.9 Å². The molecule has 0 fully saturated rings. The molecule has 2 N–H and O–H groups in total. The van der Waals surface area contributed by atoms with Gasteiger partial charge in [0.2, 0.25) is 0 Å². The van der Waals surface area contributed by atoms with Crippen LogP contribution in [0.1, 0.15) is 19.8 Å². The zero-order valence-electron chi connectivity index (χ0n) is 7.47. The molecule has 0 spiro atoms. The van der Waals surface area contributed by atoms with Gasteiger partial charge in [0.05, 0.1) is 6.61 Å². The molecule has 0 saturated heterocycles. The van der Waals surface area contributed by atoms with Gasteiger partial charge in [-0.3, -0.25) is 0 Å². The molecule has 0 heterocycles. The monoisotopic (exact) mass is 161 g/mol. The lowest BCUT2D eigenvalue weighted by Crippen LogP contribution is -2.30. The van der Waals surface area contributed by atoms with Crippen molar-refractivity contribution in [1.82, 2.24) is 5.32 Å². The van der Waals surface area contributed by atoms with E-state index in [-0.39, 0.29) is 12.6 Å². The second kappa shape index (κ2) is 7.98. The van der Waals surface area contributed by atoms with Gasteiger partial charge in [0.1, 0.15) is 0 Å². The Morgan fingerprint density at radius 1 is 1.45 bits per heavy atom. The predicted octanol–water partition coefficient (Wildman–Crippen LogP) is 0.383. The molecule has 0 aliphatic heterocycles. The molecule has 0 saturated carbocycles. The standard InChI is InChI=1S/C8H19NO2/c1-3-5-11-6-4-8(7-10)9-2/h8-10H,3-7H2,1-2H3. The van der Waals surface area contributed by atoms with E-state index in [2.05, 4.69) is 12.2 Å². The molecule has 0 radical (unpaired) electrons. The Kier molecular flexibility index (Phi) is 7.89. The molecule has 0 aromatic carbocycles. The van der Waals surface area contributed by atoms with Crippen LogP contribution in [-0.4, -0.2) is 38.0 Å². The molecule has 0 aliphatic rings. The minimum atomic E-state index is 0.186. The lowest BCUT2D eigenvalue weighted by molar-refractivity contribution is 0.115. The van der Waals surface area contributed by atoms with Crippen LogP contribution in [0.25, 0.3) is 0 Å². The summed E-state index contributed by atoms with van der Waals surface area (Å²) < 4.78 is 5.27. The number of aliphatic hydroxyl groups excluding tert-OH is 1. The zero-order chi connectivity index (χ0) is 8.53. The Hall–Kier alpha value is -0.120. The molecule has 0 amide bonds. The highest BCUT2D eigenvalue weighted by molar-refractivity contribution is 4.60. The summed E-state index contributed by atoms with van der Waals surface area (Å²) in [5, 5.41) is 11.8. The highest BCUT2D eigenvalue weighted by Gasteiger charge is 2.01. The maximum Gasteiger partial charge on any atom is 0.0585 e. The average Bonchev–Trinajstić information content (AvgIpc) is 2.05. The topological polar surface area (TPSA) is 41.5 Å². The Morgan fingerprint density at radius 3 is 2.64 bits per heavy atom. The highest BCUT2D eigenvalue weighted by atomic mass is 16.5. The van der Waals surface area contributed by atoms with E-state index in [9.17, 15) is 0 Å². The Labute approximate surface area is 68.8 Å². The fourth-order valence-electron chi connectivity index (χ4n) is 0.799. The van der Waals surface area contributed by atoms with Crippen molar-refractivity contribution in [2.75, 3.05) is 26.9 Å². The summed E-state index contributed by atoms with van der Waals surface area (Å²) in [6.07, 6.45) is 1.94. The van der Waals surface area contributed by atoms with Crippen molar-refractivity contribution in [3.8, 4) is 0 Å². The van der Waals surface area contributed by atoms with Crippen LogP contribution in [-0.2, 0) is 4.74 Å². The van der Waals surface area contributed by atoms with Crippen molar-refractivity contribution in [3.05, 3.63) is 0 Å². The average molecular weight is 161 g/mol. The maximum absolute atomic E-state index is 8.76. The quantitative estimate of drug-likeness (QED) is 0.530. The van der Waals surface area contributed by atoms with Gasteiger partial charge in [0.25, 0.3) is 0 Å². The normalized spacial score (nSPS) is 13.4.